The number of methoxy groups -OCH3 is 1. The molecule has 1 N–H and O–H groups in total. The summed E-state index contributed by atoms with van der Waals surface area (Å²) >= 11 is 0. The maximum atomic E-state index is 17.9. The van der Waals surface area contributed by atoms with Gasteiger partial charge in [0.15, 0.2) is 17.4 Å². The molecule has 314 valence electrons. The van der Waals surface area contributed by atoms with Crippen LogP contribution in [0.5, 0.6) is 11.5 Å². The van der Waals surface area contributed by atoms with Crippen LogP contribution in [0.1, 0.15) is 84.3 Å². The molecule has 5 heterocycles. The first-order valence-electron chi connectivity index (χ1n) is 20.2. The van der Waals surface area contributed by atoms with Crippen molar-refractivity contribution < 1.29 is 46.1 Å². The molecule has 0 aliphatic carbocycles. The third-order valence-electron chi connectivity index (χ3n) is 11.9. The Morgan fingerprint density at radius 1 is 1.02 bits per heavy atom. The molecule has 15 heteroatoms. The number of piperazine rings is 1. The minimum atomic E-state index is -1.67. The molecule has 3 aromatic carbocycles. The zero-order valence-corrected chi connectivity index (χ0v) is 34.1. The Hall–Kier alpha value is -5.07. The normalized spacial score (nSPS) is 26.7. The SMILES string of the molecule is C#Cc1c(F)ccc2cc(OC(C)=O)cc(-c3c(F)c4c(c(OC)c3F)C(N3CC5CCC(C3)N5C(=O)OC(C)(C)C)=NC(C)(OC3CCCCN5C[C@H](F)C[C@@H]35)N4)c12. The Morgan fingerprint density at radius 2 is 1.75 bits per heavy atom. The standard InChI is InChI=1S/C44H49F4N5O6/c1-8-29-31(46)15-12-24-17-28(57-23(2)54)19-30(34(24)29)35-37(47)39-36(40(56-7)38(35)48)41(52-21-26-13-14-27(22-52)53(26)42(55)59-43(3,4)5)50-44(6,49-39)58-33-11-9-10-16-51-20-25(45)18-32(33)51/h1,12,15,17,19,25-27,32-33,49H,9-11,13-14,16,18,20-22H2,2-7H3/t25-,26?,27?,32+,33?,44?/m1/s1. The van der Waals surface area contributed by atoms with Gasteiger partial charge in [-0.2, -0.15) is 0 Å². The van der Waals surface area contributed by atoms with Crippen molar-refractivity contribution in [2.45, 2.75) is 115 Å². The zero-order valence-electron chi connectivity index (χ0n) is 34.1. The van der Waals surface area contributed by atoms with E-state index in [2.05, 4.69) is 16.1 Å². The molecule has 8 rings (SSSR count). The third kappa shape index (κ3) is 7.43. The number of halogens is 4. The van der Waals surface area contributed by atoms with E-state index in [0.29, 0.717) is 25.8 Å². The fourth-order valence-corrected chi connectivity index (χ4v) is 9.70. The van der Waals surface area contributed by atoms with Gasteiger partial charge in [0.25, 0.3) is 0 Å². The summed E-state index contributed by atoms with van der Waals surface area (Å²) in [6.45, 7) is 9.81. The molecule has 5 aliphatic rings. The number of likely N-dealkylation sites (tertiary alicyclic amines) is 1. The van der Waals surface area contributed by atoms with Crippen molar-refractivity contribution in [3.8, 4) is 35.0 Å². The first kappa shape index (κ1) is 40.7. The number of hydrogen-bond donors (Lipinski definition) is 1. The first-order chi connectivity index (χ1) is 28.0. The van der Waals surface area contributed by atoms with Crippen LogP contribution >= 0.6 is 0 Å². The predicted octanol–water partition coefficient (Wildman–Crippen LogP) is 7.75. The highest BCUT2D eigenvalue weighted by atomic mass is 19.1. The maximum Gasteiger partial charge on any atom is 0.410 e. The molecule has 0 aromatic heterocycles. The Balaban J connectivity index is 1.30. The lowest BCUT2D eigenvalue weighted by atomic mass is 9.90. The molecular formula is C44H49F4N5O6. The molecule has 4 unspecified atom stereocenters. The summed E-state index contributed by atoms with van der Waals surface area (Å²) in [6.07, 6.45) is 7.79. The number of rotatable bonds is 5. The number of amides is 1. The molecule has 5 aliphatic heterocycles. The molecule has 0 spiro atoms. The second-order valence-electron chi connectivity index (χ2n) is 17.3. The topological polar surface area (TPSA) is 105 Å². The van der Waals surface area contributed by atoms with Gasteiger partial charge in [-0.05, 0) is 89.4 Å². The van der Waals surface area contributed by atoms with Crippen LogP contribution in [0, 0.1) is 29.8 Å². The smallest absolute Gasteiger partial charge is 0.410 e. The van der Waals surface area contributed by atoms with E-state index >= 15 is 13.2 Å². The van der Waals surface area contributed by atoms with Crippen LogP contribution in [-0.4, -0.2) is 108 Å². The van der Waals surface area contributed by atoms with Crippen LogP contribution < -0.4 is 14.8 Å². The second-order valence-corrected chi connectivity index (χ2v) is 17.3. The quantitative estimate of drug-likeness (QED) is 0.120. The number of ether oxygens (including phenoxy) is 4. The fraction of sp³-hybridized carbons (Fsp3) is 0.523. The largest absolute Gasteiger partial charge is 0.493 e. The van der Waals surface area contributed by atoms with Crippen LogP contribution in [-0.2, 0) is 14.3 Å². The molecule has 4 fully saturated rings. The van der Waals surface area contributed by atoms with Gasteiger partial charge in [-0.25, -0.2) is 27.3 Å². The number of alkyl halides is 1. The number of carbonyl (C=O) groups is 2. The van der Waals surface area contributed by atoms with Gasteiger partial charge >= 0.3 is 12.1 Å². The van der Waals surface area contributed by atoms with Crippen LogP contribution in [0.15, 0.2) is 29.3 Å². The van der Waals surface area contributed by atoms with E-state index in [0.717, 1.165) is 25.5 Å². The van der Waals surface area contributed by atoms with Crippen molar-refractivity contribution in [2.75, 3.05) is 38.6 Å². The molecule has 3 aromatic rings. The molecule has 1 amide bonds. The zero-order chi connectivity index (χ0) is 42.1. The average molecular weight is 820 g/mol. The summed E-state index contributed by atoms with van der Waals surface area (Å²) in [5, 5.41) is 3.44. The van der Waals surface area contributed by atoms with Gasteiger partial charge in [0.2, 0.25) is 5.85 Å². The molecule has 11 nitrogen and oxygen atoms in total. The molecule has 0 saturated carbocycles. The van der Waals surface area contributed by atoms with E-state index in [-0.39, 0.29) is 88.1 Å². The van der Waals surface area contributed by atoms with E-state index in [9.17, 15) is 14.0 Å². The number of nitrogens with one attached hydrogen (secondary N) is 1. The van der Waals surface area contributed by atoms with Crippen LogP contribution in [0.25, 0.3) is 21.9 Å². The van der Waals surface area contributed by atoms with Gasteiger partial charge in [0, 0.05) is 50.5 Å². The maximum absolute atomic E-state index is 17.9. The van der Waals surface area contributed by atoms with Gasteiger partial charge in [-0.3, -0.25) is 14.6 Å². The second kappa shape index (κ2) is 15.2. The summed E-state index contributed by atoms with van der Waals surface area (Å²) in [4.78, 5) is 36.4. The van der Waals surface area contributed by atoms with Crippen LogP contribution in [0.3, 0.4) is 0 Å². The number of nitrogens with zero attached hydrogens (tertiary/aromatic N) is 4. The van der Waals surface area contributed by atoms with E-state index in [1.807, 2.05) is 4.90 Å². The van der Waals surface area contributed by atoms with Gasteiger partial charge < -0.3 is 29.2 Å². The van der Waals surface area contributed by atoms with Gasteiger partial charge in [0.1, 0.15) is 29.2 Å². The van der Waals surface area contributed by atoms with Gasteiger partial charge in [0.05, 0.1) is 47.7 Å². The summed E-state index contributed by atoms with van der Waals surface area (Å²) in [7, 11) is 1.25. The van der Waals surface area contributed by atoms with Crippen molar-refractivity contribution in [3.63, 3.8) is 0 Å². The van der Waals surface area contributed by atoms with Crippen molar-refractivity contribution in [2.24, 2.45) is 4.99 Å². The number of esters is 1. The van der Waals surface area contributed by atoms with Gasteiger partial charge in [-0.1, -0.05) is 12.0 Å². The molecule has 2 bridgehead atoms. The van der Waals surface area contributed by atoms with Crippen molar-refractivity contribution in [1.82, 2.24) is 14.7 Å². The average Bonchev–Trinajstić information content (AvgIpc) is 3.60. The van der Waals surface area contributed by atoms with E-state index in [1.165, 1.54) is 32.2 Å². The Labute approximate surface area is 341 Å². The Kier molecular flexibility index (Phi) is 10.5. The highest BCUT2D eigenvalue weighted by molar-refractivity contribution is 6.10. The molecule has 6 atom stereocenters. The lowest BCUT2D eigenvalue weighted by Crippen LogP contribution is -2.59. The summed E-state index contributed by atoms with van der Waals surface area (Å²) in [5.41, 5.74) is -1.99. The molecule has 0 radical (unpaired) electrons. The molecule has 4 saturated heterocycles. The predicted molar refractivity (Wildman–Crippen MR) is 214 cm³/mol. The molecular weight excluding hydrogens is 771 g/mol. The number of amidine groups is 1. The van der Waals surface area contributed by atoms with Crippen LogP contribution in [0.2, 0.25) is 0 Å². The minimum Gasteiger partial charge on any atom is -0.493 e. The fourth-order valence-electron chi connectivity index (χ4n) is 9.70. The number of carbonyl (C=O) groups excluding carboxylic acids is 2. The van der Waals surface area contributed by atoms with Crippen molar-refractivity contribution >= 4 is 34.4 Å². The number of fused-ring (bicyclic) bond motifs is 5. The third-order valence-corrected chi connectivity index (χ3v) is 11.9. The number of benzene rings is 3. The highest BCUT2D eigenvalue weighted by Crippen LogP contribution is 2.49. The molecule has 59 heavy (non-hydrogen) atoms. The Bertz CT molecular complexity index is 2280. The highest BCUT2D eigenvalue weighted by Gasteiger charge is 2.49. The number of anilines is 1. The van der Waals surface area contributed by atoms with Crippen molar-refractivity contribution in [1.29, 1.82) is 0 Å². The summed E-state index contributed by atoms with van der Waals surface area (Å²) in [5.74, 6) is -3.28. The number of aliphatic imine (C=N–C) groups is 1. The lowest BCUT2D eigenvalue weighted by molar-refractivity contribution is -0.131. The number of terminal acetylenes is 1. The monoisotopic (exact) mass is 819 g/mol. The van der Waals surface area contributed by atoms with E-state index in [4.69, 9.17) is 30.4 Å². The minimum absolute atomic E-state index is 0.0160. The first-order valence-corrected chi connectivity index (χ1v) is 20.2. The van der Waals surface area contributed by atoms with E-state index < -0.39 is 58.8 Å². The van der Waals surface area contributed by atoms with Crippen molar-refractivity contribution in [3.05, 3.63) is 52.8 Å². The van der Waals surface area contributed by atoms with Gasteiger partial charge in [-0.15, -0.1) is 6.42 Å². The van der Waals surface area contributed by atoms with Crippen LogP contribution in [0.4, 0.5) is 28.0 Å². The summed E-state index contributed by atoms with van der Waals surface area (Å²) in [6, 6.07) is 4.37. The number of hydrogen-bond acceptors (Lipinski definition) is 10. The summed E-state index contributed by atoms with van der Waals surface area (Å²) < 4.78 is 89.4. The van der Waals surface area contributed by atoms with E-state index in [1.54, 1.807) is 32.6 Å². The Morgan fingerprint density at radius 3 is 2.41 bits per heavy atom. The lowest BCUT2D eigenvalue weighted by Gasteiger charge is -2.45.